The summed E-state index contributed by atoms with van der Waals surface area (Å²) in [4.78, 5) is 4.21. The number of rotatable bonds is 3. The molecule has 88 valence electrons. The highest BCUT2D eigenvalue weighted by Gasteiger charge is 2.09. The average molecular weight is 227 g/mol. The lowest BCUT2D eigenvalue weighted by molar-refractivity contribution is 0.173. The first-order valence-corrected chi connectivity index (χ1v) is 5.81. The zero-order valence-electron chi connectivity index (χ0n) is 10.2. The summed E-state index contributed by atoms with van der Waals surface area (Å²) in [6.07, 6.45) is 1.82. The highest BCUT2D eigenvalue weighted by atomic mass is 16.3. The van der Waals surface area contributed by atoms with Gasteiger partial charge in [0, 0.05) is 12.6 Å². The Morgan fingerprint density at radius 2 is 1.88 bits per heavy atom. The van der Waals surface area contributed by atoms with Gasteiger partial charge in [-0.25, -0.2) is 0 Å². The van der Waals surface area contributed by atoms with Crippen molar-refractivity contribution in [3.63, 3.8) is 0 Å². The quantitative estimate of drug-likeness (QED) is 0.874. The van der Waals surface area contributed by atoms with Crippen molar-refractivity contribution in [1.82, 2.24) is 4.98 Å². The first-order chi connectivity index (χ1) is 8.15. The molecule has 1 N–H and O–H groups in total. The smallest absolute Gasteiger partial charge is 0.1000 e. The largest absolute Gasteiger partial charge is 0.386 e. The number of aromatic nitrogens is 1. The number of nitrogens with zero attached hydrogens (tertiary/aromatic N) is 1. The number of aliphatic hydroxyl groups excluding tert-OH is 1. The van der Waals surface area contributed by atoms with E-state index in [2.05, 4.69) is 24.0 Å². The second kappa shape index (κ2) is 5.11. The van der Waals surface area contributed by atoms with Gasteiger partial charge in [0.05, 0.1) is 11.8 Å². The van der Waals surface area contributed by atoms with Crippen molar-refractivity contribution in [2.75, 3.05) is 0 Å². The number of aryl methyl sites for hydroxylation is 2. The van der Waals surface area contributed by atoms with Gasteiger partial charge in [0.15, 0.2) is 0 Å². The molecule has 1 unspecified atom stereocenters. The number of hydrogen-bond donors (Lipinski definition) is 1. The zero-order chi connectivity index (χ0) is 12.3. The molecule has 2 heteroatoms. The van der Waals surface area contributed by atoms with E-state index in [1.165, 1.54) is 5.56 Å². The van der Waals surface area contributed by atoms with Gasteiger partial charge in [-0.15, -0.1) is 0 Å². The van der Waals surface area contributed by atoms with Gasteiger partial charge in [-0.2, -0.15) is 0 Å². The predicted octanol–water partition coefficient (Wildman–Crippen LogP) is 2.97. The van der Waals surface area contributed by atoms with E-state index in [9.17, 15) is 5.11 Å². The third-order valence-corrected chi connectivity index (χ3v) is 2.79. The molecule has 2 nitrogen and oxygen atoms in total. The fourth-order valence-electron chi connectivity index (χ4n) is 1.91. The molecule has 0 bridgehead atoms. The van der Waals surface area contributed by atoms with E-state index in [0.717, 1.165) is 16.8 Å². The molecule has 1 aromatic heterocycles. The van der Waals surface area contributed by atoms with Crippen molar-refractivity contribution in [2.45, 2.75) is 26.4 Å². The van der Waals surface area contributed by atoms with Gasteiger partial charge in [0.25, 0.3) is 0 Å². The molecule has 0 saturated carbocycles. The van der Waals surface area contributed by atoms with E-state index >= 15 is 0 Å². The Kier molecular flexibility index (Phi) is 3.55. The standard InChI is InChI=1S/C15H17NO/c1-11-4-3-5-13(8-11)10-15(17)14-9-12(2)6-7-16-14/h3-9,15,17H,10H2,1-2H3. The summed E-state index contributed by atoms with van der Waals surface area (Å²) >= 11 is 0. The van der Waals surface area contributed by atoms with Gasteiger partial charge in [0.2, 0.25) is 0 Å². The summed E-state index contributed by atoms with van der Waals surface area (Å²) in [5.74, 6) is 0. The summed E-state index contributed by atoms with van der Waals surface area (Å²) < 4.78 is 0. The molecule has 0 saturated heterocycles. The fourth-order valence-corrected chi connectivity index (χ4v) is 1.91. The highest BCUT2D eigenvalue weighted by molar-refractivity contribution is 5.24. The van der Waals surface area contributed by atoms with Crippen LogP contribution in [0.25, 0.3) is 0 Å². The van der Waals surface area contributed by atoms with Gasteiger partial charge >= 0.3 is 0 Å². The van der Waals surface area contributed by atoms with E-state index in [1.807, 2.05) is 31.2 Å². The maximum absolute atomic E-state index is 10.1. The Bertz CT molecular complexity index is 508. The molecular weight excluding hydrogens is 210 g/mol. The lowest BCUT2D eigenvalue weighted by atomic mass is 10.0. The van der Waals surface area contributed by atoms with Crippen LogP contribution in [0.1, 0.15) is 28.5 Å². The van der Waals surface area contributed by atoms with Crippen molar-refractivity contribution >= 4 is 0 Å². The van der Waals surface area contributed by atoms with Gasteiger partial charge in [-0.3, -0.25) is 4.98 Å². The number of benzene rings is 1. The Labute approximate surface area is 102 Å². The lowest BCUT2D eigenvalue weighted by Gasteiger charge is -2.11. The molecule has 0 fully saturated rings. The van der Waals surface area contributed by atoms with Crippen molar-refractivity contribution in [3.05, 3.63) is 65.0 Å². The normalized spacial score (nSPS) is 12.4. The van der Waals surface area contributed by atoms with Crippen LogP contribution in [0.2, 0.25) is 0 Å². The molecule has 0 aliphatic rings. The first-order valence-electron chi connectivity index (χ1n) is 5.81. The molecule has 0 amide bonds. The maximum Gasteiger partial charge on any atom is 0.1000 e. The van der Waals surface area contributed by atoms with Crippen LogP contribution in [0.15, 0.2) is 42.6 Å². The fraction of sp³-hybridized carbons (Fsp3) is 0.267. The number of hydrogen-bond acceptors (Lipinski definition) is 2. The summed E-state index contributed by atoms with van der Waals surface area (Å²) in [6.45, 7) is 4.06. The van der Waals surface area contributed by atoms with Gasteiger partial charge in [-0.1, -0.05) is 29.8 Å². The maximum atomic E-state index is 10.1. The molecule has 2 aromatic rings. The van der Waals surface area contributed by atoms with Gasteiger partial charge < -0.3 is 5.11 Å². The molecule has 0 aliphatic heterocycles. The van der Waals surface area contributed by atoms with Crippen LogP contribution in [0.4, 0.5) is 0 Å². The van der Waals surface area contributed by atoms with Crippen LogP contribution in [-0.2, 0) is 6.42 Å². The average Bonchev–Trinajstić information content (AvgIpc) is 2.29. The van der Waals surface area contributed by atoms with E-state index in [0.29, 0.717) is 6.42 Å². The monoisotopic (exact) mass is 227 g/mol. The molecule has 0 spiro atoms. The lowest BCUT2D eigenvalue weighted by Crippen LogP contribution is -2.04. The highest BCUT2D eigenvalue weighted by Crippen LogP contribution is 2.17. The molecule has 1 heterocycles. The molecule has 0 radical (unpaired) electrons. The van der Waals surface area contributed by atoms with E-state index < -0.39 is 6.10 Å². The number of pyridine rings is 1. The third kappa shape index (κ3) is 3.14. The second-order valence-corrected chi connectivity index (χ2v) is 4.47. The van der Waals surface area contributed by atoms with Crippen LogP contribution in [-0.4, -0.2) is 10.1 Å². The van der Waals surface area contributed by atoms with Gasteiger partial charge in [-0.05, 0) is 37.1 Å². The van der Waals surface area contributed by atoms with Crippen LogP contribution >= 0.6 is 0 Å². The molecule has 1 aromatic carbocycles. The van der Waals surface area contributed by atoms with Crippen molar-refractivity contribution < 1.29 is 5.11 Å². The molecule has 0 aliphatic carbocycles. The topological polar surface area (TPSA) is 33.1 Å². The van der Waals surface area contributed by atoms with Crippen molar-refractivity contribution in [2.24, 2.45) is 0 Å². The minimum Gasteiger partial charge on any atom is -0.386 e. The van der Waals surface area contributed by atoms with Crippen LogP contribution < -0.4 is 0 Å². The SMILES string of the molecule is Cc1cccc(CC(O)c2cc(C)ccn2)c1. The predicted molar refractivity (Wildman–Crippen MR) is 68.8 cm³/mol. The minimum atomic E-state index is -0.531. The Balaban J connectivity index is 2.14. The van der Waals surface area contributed by atoms with Crippen LogP contribution in [0.5, 0.6) is 0 Å². The minimum absolute atomic E-state index is 0.531. The first kappa shape index (κ1) is 11.8. The Morgan fingerprint density at radius 3 is 2.59 bits per heavy atom. The van der Waals surface area contributed by atoms with E-state index in [-0.39, 0.29) is 0 Å². The Hall–Kier alpha value is -1.67. The van der Waals surface area contributed by atoms with Gasteiger partial charge in [0.1, 0.15) is 0 Å². The number of aliphatic hydroxyl groups is 1. The summed E-state index contributed by atoms with van der Waals surface area (Å²) in [5, 5.41) is 10.1. The zero-order valence-corrected chi connectivity index (χ0v) is 10.2. The van der Waals surface area contributed by atoms with Crippen molar-refractivity contribution in [3.8, 4) is 0 Å². The van der Waals surface area contributed by atoms with E-state index in [4.69, 9.17) is 0 Å². The van der Waals surface area contributed by atoms with Crippen LogP contribution in [0.3, 0.4) is 0 Å². The third-order valence-electron chi connectivity index (χ3n) is 2.79. The summed E-state index contributed by atoms with van der Waals surface area (Å²) in [5.41, 5.74) is 4.22. The molecule has 17 heavy (non-hydrogen) atoms. The molecule has 2 rings (SSSR count). The van der Waals surface area contributed by atoms with Crippen LogP contribution in [0, 0.1) is 13.8 Å². The molecule has 1 atom stereocenters. The van der Waals surface area contributed by atoms with E-state index in [1.54, 1.807) is 6.20 Å². The Morgan fingerprint density at radius 1 is 1.12 bits per heavy atom. The van der Waals surface area contributed by atoms with Crippen molar-refractivity contribution in [1.29, 1.82) is 0 Å². The summed E-state index contributed by atoms with van der Waals surface area (Å²) in [6, 6.07) is 12.1. The molecular formula is C15H17NO. The summed E-state index contributed by atoms with van der Waals surface area (Å²) in [7, 11) is 0. The second-order valence-electron chi connectivity index (χ2n) is 4.47.